The minimum Gasteiger partial charge on any atom is -0.292 e. The topological polar surface area (TPSA) is 63.8 Å². The van der Waals surface area contributed by atoms with Crippen molar-refractivity contribution in [1.82, 2.24) is 9.97 Å². The Balaban J connectivity index is 2.30. The number of nitrogens with one attached hydrogen (secondary N) is 1. The van der Waals surface area contributed by atoms with E-state index < -0.39 is 0 Å². The maximum Gasteiger partial charge on any atom is 0.238 e. The number of hydrazine groups is 1. The zero-order valence-electron chi connectivity index (χ0n) is 8.82. The number of aromatic nitrogens is 2. The van der Waals surface area contributed by atoms with Gasteiger partial charge in [0.05, 0.1) is 14.5 Å². The van der Waals surface area contributed by atoms with Gasteiger partial charge in [0, 0.05) is 11.1 Å². The molecule has 0 bridgehead atoms. The van der Waals surface area contributed by atoms with Gasteiger partial charge >= 0.3 is 0 Å². The first-order valence-electron chi connectivity index (χ1n) is 4.72. The Bertz CT molecular complexity index is 582. The fraction of sp³-hybridized carbons (Fsp3) is 0. The summed E-state index contributed by atoms with van der Waals surface area (Å²) in [6.45, 7) is 0. The molecule has 18 heavy (non-hydrogen) atoms. The quantitative estimate of drug-likeness (QED) is 0.489. The predicted molar refractivity (Wildman–Crippen MR) is 78.1 cm³/mol. The molecule has 0 saturated carbocycles. The monoisotopic (exact) mass is 364 g/mol. The van der Waals surface area contributed by atoms with Gasteiger partial charge in [-0.3, -0.25) is 5.43 Å². The molecule has 94 valence electrons. The van der Waals surface area contributed by atoms with Crippen LogP contribution in [0.2, 0.25) is 10.0 Å². The third kappa shape index (κ3) is 3.27. The highest BCUT2D eigenvalue weighted by atomic mass is 79.9. The smallest absolute Gasteiger partial charge is 0.238 e. The highest BCUT2D eigenvalue weighted by molar-refractivity contribution is 9.10. The van der Waals surface area contributed by atoms with Crippen molar-refractivity contribution in [3.8, 4) is 0 Å². The Morgan fingerprint density at radius 3 is 2.72 bits per heavy atom. The lowest BCUT2D eigenvalue weighted by molar-refractivity contribution is 1.01. The third-order valence-corrected chi connectivity index (χ3v) is 4.52. The van der Waals surface area contributed by atoms with Crippen LogP contribution in [0.4, 0.5) is 5.95 Å². The average molecular weight is 366 g/mol. The number of nitrogens with two attached hydrogens (primary N) is 1. The first kappa shape index (κ1) is 13.9. The molecule has 0 aliphatic heterocycles. The van der Waals surface area contributed by atoms with Gasteiger partial charge < -0.3 is 0 Å². The zero-order chi connectivity index (χ0) is 13.1. The number of rotatable bonds is 3. The number of halogens is 3. The van der Waals surface area contributed by atoms with E-state index in [1.807, 2.05) is 6.07 Å². The lowest BCUT2D eigenvalue weighted by atomic mass is 10.4. The number of benzene rings is 1. The molecule has 0 fully saturated rings. The summed E-state index contributed by atoms with van der Waals surface area (Å²) in [5.74, 6) is 5.62. The second-order valence-corrected chi connectivity index (χ2v) is 5.90. The van der Waals surface area contributed by atoms with Gasteiger partial charge in [0.1, 0.15) is 5.03 Å². The Morgan fingerprint density at radius 1 is 1.28 bits per heavy atom. The molecule has 0 spiro atoms. The average Bonchev–Trinajstić information content (AvgIpc) is 2.36. The molecule has 0 aliphatic rings. The number of hydrogen-bond donors (Lipinski definition) is 2. The van der Waals surface area contributed by atoms with E-state index in [4.69, 9.17) is 29.0 Å². The largest absolute Gasteiger partial charge is 0.292 e. The fourth-order valence-corrected chi connectivity index (χ4v) is 2.76. The molecule has 2 rings (SSSR count). The Labute approximate surface area is 126 Å². The van der Waals surface area contributed by atoms with Crippen molar-refractivity contribution in [3.63, 3.8) is 0 Å². The molecule has 1 aromatic carbocycles. The lowest BCUT2D eigenvalue weighted by Gasteiger charge is -2.06. The maximum absolute atomic E-state index is 5.96. The summed E-state index contributed by atoms with van der Waals surface area (Å²) in [6, 6.07) is 5.38. The molecule has 1 aromatic heterocycles. The lowest BCUT2D eigenvalue weighted by Crippen LogP contribution is -2.10. The van der Waals surface area contributed by atoms with Gasteiger partial charge in [0.2, 0.25) is 5.95 Å². The minimum absolute atomic E-state index is 0.348. The van der Waals surface area contributed by atoms with E-state index in [1.165, 1.54) is 11.8 Å². The van der Waals surface area contributed by atoms with Gasteiger partial charge in [-0.05, 0) is 34.1 Å². The SMILES string of the molecule is NNc1ncc(Br)c(Sc2ccc(Cl)c(Cl)c2)n1. The fourth-order valence-electron chi connectivity index (χ4n) is 1.14. The van der Waals surface area contributed by atoms with Crippen molar-refractivity contribution < 1.29 is 0 Å². The molecule has 0 aliphatic carbocycles. The standard InChI is InChI=1S/C10H7BrCl2N4S/c11-6-4-15-10(17-14)16-9(6)18-5-1-2-7(12)8(13)3-5/h1-4H,14H2,(H,15,16,17). The summed E-state index contributed by atoms with van der Waals surface area (Å²) < 4.78 is 0.776. The molecule has 0 radical (unpaired) electrons. The molecule has 0 atom stereocenters. The van der Waals surface area contributed by atoms with E-state index >= 15 is 0 Å². The van der Waals surface area contributed by atoms with Gasteiger partial charge in [0.25, 0.3) is 0 Å². The summed E-state index contributed by atoms with van der Waals surface area (Å²) in [6.07, 6.45) is 1.63. The molecule has 3 N–H and O–H groups in total. The van der Waals surface area contributed by atoms with Crippen molar-refractivity contribution in [1.29, 1.82) is 0 Å². The third-order valence-electron chi connectivity index (χ3n) is 1.95. The first-order valence-corrected chi connectivity index (χ1v) is 7.09. The van der Waals surface area contributed by atoms with Crippen molar-refractivity contribution in [3.05, 3.63) is 38.9 Å². The van der Waals surface area contributed by atoms with Crippen LogP contribution in [-0.2, 0) is 0 Å². The van der Waals surface area contributed by atoms with Crippen molar-refractivity contribution in [2.45, 2.75) is 9.92 Å². The van der Waals surface area contributed by atoms with E-state index in [2.05, 4.69) is 31.3 Å². The molecule has 0 unspecified atom stereocenters. The normalized spacial score (nSPS) is 10.4. The number of hydrogen-bond acceptors (Lipinski definition) is 5. The van der Waals surface area contributed by atoms with E-state index in [9.17, 15) is 0 Å². The van der Waals surface area contributed by atoms with Crippen LogP contribution in [0.1, 0.15) is 0 Å². The summed E-state index contributed by atoms with van der Waals surface area (Å²) in [5.41, 5.74) is 2.40. The number of nitrogen functional groups attached to an aromatic ring is 1. The highest BCUT2D eigenvalue weighted by Gasteiger charge is 2.08. The van der Waals surface area contributed by atoms with Crippen molar-refractivity contribution in [2.75, 3.05) is 5.43 Å². The highest BCUT2D eigenvalue weighted by Crippen LogP contribution is 2.35. The minimum atomic E-state index is 0.348. The second kappa shape index (κ2) is 6.08. The summed E-state index contributed by atoms with van der Waals surface area (Å²) in [4.78, 5) is 9.13. The Kier molecular flexibility index (Phi) is 4.69. The molecular weight excluding hydrogens is 359 g/mol. The maximum atomic E-state index is 5.96. The van der Waals surface area contributed by atoms with Crippen LogP contribution < -0.4 is 11.3 Å². The molecule has 8 heteroatoms. The Morgan fingerprint density at radius 2 is 2.06 bits per heavy atom. The summed E-state index contributed by atoms with van der Waals surface area (Å²) in [5, 5.41) is 1.76. The molecule has 4 nitrogen and oxygen atoms in total. The summed E-state index contributed by atoms with van der Waals surface area (Å²) in [7, 11) is 0. The van der Waals surface area contributed by atoms with E-state index in [1.54, 1.807) is 18.3 Å². The van der Waals surface area contributed by atoms with Crippen LogP contribution >= 0.6 is 50.9 Å². The van der Waals surface area contributed by atoms with Gasteiger partial charge in [0.15, 0.2) is 0 Å². The molecular formula is C10H7BrCl2N4S. The molecule has 0 saturated heterocycles. The Hall–Kier alpha value is -0.530. The molecule has 0 amide bonds. The van der Waals surface area contributed by atoms with Crippen molar-refractivity contribution in [2.24, 2.45) is 5.84 Å². The molecule has 2 aromatic rings. The van der Waals surface area contributed by atoms with Crippen LogP contribution in [0, 0.1) is 0 Å². The van der Waals surface area contributed by atoms with E-state index in [0.717, 1.165) is 14.4 Å². The van der Waals surface area contributed by atoms with Crippen LogP contribution in [0.5, 0.6) is 0 Å². The van der Waals surface area contributed by atoms with Crippen LogP contribution in [0.3, 0.4) is 0 Å². The van der Waals surface area contributed by atoms with E-state index in [-0.39, 0.29) is 0 Å². The van der Waals surface area contributed by atoms with Gasteiger partial charge in [-0.1, -0.05) is 35.0 Å². The van der Waals surface area contributed by atoms with Crippen LogP contribution in [0.15, 0.2) is 38.8 Å². The van der Waals surface area contributed by atoms with Gasteiger partial charge in [-0.25, -0.2) is 15.8 Å². The number of anilines is 1. The summed E-state index contributed by atoms with van der Waals surface area (Å²) >= 11 is 16.6. The van der Waals surface area contributed by atoms with E-state index in [0.29, 0.717) is 16.0 Å². The second-order valence-electron chi connectivity index (χ2n) is 3.17. The van der Waals surface area contributed by atoms with Crippen LogP contribution in [-0.4, -0.2) is 9.97 Å². The van der Waals surface area contributed by atoms with Crippen LogP contribution in [0.25, 0.3) is 0 Å². The van der Waals surface area contributed by atoms with Crippen molar-refractivity contribution >= 4 is 56.8 Å². The zero-order valence-corrected chi connectivity index (χ0v) is 12.7. The van der Waals surface area contributed by atoms with Gasteiger partial charge in [-0.2, -0.15) is 0 Å². The van der Waals surface area contributed by atoms with Gasteiger partial charge in [-0.15, -0.1) is 0 Å². The number of nitrogens with zero attached hydrogens (tertiary/aromatic N) is 2. The first-order chi connectivity index (χ1) is 8.60. The predicted octanol–water partition coefficient (Wildman–Crippen LogP) is 3.98. The molecule has 1 heterocycles.